The van der Waals surface area contributed by atoms with Gasteiger partial charge in [0.2, 0.25) is 10.0 Å². The molecule has 0 spiro atoms. The van der Waals surface area contributed by atoms with Crippen LogP contribution < -0.4 is 9.44 Å². The summed E-state index contributed by atoms with van der Waals surface area (Å²) in [4.78, 5) is -0.194. The highest BCUT2D eigenvalue weighted by Crippen LogP contribution is 2.34. The summed E-state index contributed by atoms with van der Waals surface area (Å²) in [5.41, 5.74) is -0.130. The smallest absolute Gasteiger partial charge is 0.289 e. The van der Waals surface area contributed by atoms with Crippen LogP contribution in [0.4, 0.5) is 18.9 Å². The van der Waals surface area contributed by atoms with Crippen molar-refractivity contribution in [3.8, 4) is 16.9 Å². The fraction of sp³-hybridized carbons (Fsp3) is 0.118. The molecule has 0 aliphatic rings. The molecule has 1 aromatic heterocycles. The first kappa shape index (κ1) is 22.0. The van der Waals surface area contributed by atoms with Crippen LogP contribution in [0, 0.1) is 0 Å². The van der Waals surface area contributed by atoms with Gasteiger partial charge in [0.15, 0.2) is 5.69 Å². The van der Waals surface area contributed by atoms with Crippen LogP contribution in [0.2, 0.25) is 0 Å². The van der Waals surface area contributed by atoms with Gasteiger partial charge in [0.05, 0.1) is 22.0 Å². The first-order valence-corrected chi connectivity index (χ1v) is 10.7. The van der Waals surface area contributed by atoms with Crippen LogP contribution in [0.3, 0.4) is 0 Å². The Hall–Kier alpha value is -2.74. The Morgan fingerprint density at radius 1 is 1.10 bits per heavy atom. The maximum atomic E-state index is 13.3. The summed E-state index contributed by atoms with van der Waals surface area (Å²) in [7, 11) is -2.58. The molecule has 3 N–H and O–H groups in total. The molecule has 0 fully saturated rings. The number of hydrogen-bond donors (Lipinski definition) is 2. The molecular weight excluding hydrogens is 445 g/mol. The monoisotopic (exact) mass is 460 g/mol. The summed E-state index contributed by atoms with van der Waals surface area (Å²) in [5.74, 6) is 0. The van der Waals surface area contributed by atoms with Crippen molar-refractivity contribution in [2.24, 2.45) is 5.14 Å². The molecule has 0 amide bonds. The van der Waals surface area contributed by atoms with Gasteiger partial charge in [-0.3, -0.25) is 8.86 Å². The van der Waals surface area contributed by atoms with E-state index in [1.165, 1.54) is 43.4 Å². The lowest BCUT2D eigenvalue weighted by Gasteiger charge is -2.14. The van der Waals surface area contributed by atoms with E-state index >= 15 is 0 Å². The molecule has 0 saturated carbocycles. The Labute approximate surface area is 172 Å². The predicted molar refractivity (Wildman–Crippen MR) is 105 cm³/mol. The molecule has 3 aromatic rings. The summed E-state index contributed by atoms with van der Waals surface area (Å²) in [6.45, 7) is 0. The first-order valence-electron chi connectivity index (χ1n) is 8.13. The van der Waals surface area contributed by atoms with Crippen LogP contribution in [-0.4, -0.2) is 34.0 Å². The number of halogens is 3. The minimum absolute atomic E-state index is 0.0880. The predicted octanol–water partition coefficient (Wildman–Crippen LogP) is 2.78. The van der Waals surface area contributed by atoms with Crippen molar-refractivity contribution in [1.82, 2.24) is 9.78 Å². The maximum absolute atomic E-state index is 13.3. The number of aromatic nitrogens is 2. The molecule has 30 heavy (non-hydrogen) atoms. The summed E-state index contributed by atoms with van der Waals surface area (Å²) in [6, 6.07) is 11.7. The van der Waals surface area contributed by atoms with Crippen LogP contribution in [0.15, 0.2) is 59.5 Å². The number of anilines is 1. The second-order valence-electron chi connectivity index (χ2n) is 6.14. The van der Waals surface area contributed by atoms with E-state index in [2.05, 4.69) is 5.10 Å². The molecule has 0 bridgehead atoms. The van der Waals surface area contributed by atoms with Crippen LogP contribution in [0.1, 0.15) is 5.69 Å². The molecule has 0 saturated heterocycles. The Morgan fingerprint density at radius 3 is 2.13 bits per heavy atom. The number of rotatable bonds is 5. The number of nitrogens with two attached hydrogens (primary N) is 1. The lowest BCUT2D eigenvalue weighted by atomic mass is 10.1. The van der Waals surface area contributed by atoms with Gasteiger partial charge in [0, 0.05) is 12.6 Å². The Morgan fingerprint density at radius 2 is 1.67 bits per heavy atom. The lowest BCUT2D eigenvalue weighted by Crippen LogP contribution is -2.18. The quantitative estimate of drug-likeness (QED) is 0.568. The van der Waals surface area contributed by atoms with Gasteiger partial charge < -0.3 is 0 Å². The summed E-state index contributed by atoms with van der Waals surface area (Å²) < 4.78 is 84.9. The third kappa shape index (κ3) is 4.53. The van der Waals surface area contributed by atoms with Crippen molar-refractivity contribution in [2.45, 2.75) is 11.1 Å². The maximum Gasteiger partial charge on any atom is 0.435 e. The molecule has 0 aliphatic carbocycles. The number of benzene rings is 2. The van der Waals surface area contributed by atoms with Crippen LogP contribution in [0.5, 0.6) is 0 Å². The fourth-order valence-electron chi connectivity index (χ4n) is 2.63. The third-order valence-electron chi connectivity index (χ3n) is 4.17. The summed E-state index contributed by atoms with van der Waals surface area (Å²) in [5, 5.41) is 8.66. The van der Waals surface area contributed by atoms with Gasteiger partial charge in [-0.2, -0.15) is 18.3 Å². The van der Waals surface area contributed by atoms with Crippen LogP contribution in [0.25, 0.3) is 16.9 Å². The van der Waals surface area contributed by atoms with E-state index in [0.717, 1.165) is 27.2 Å². The Balaban J connectivity index is 2.10. The number of alkyl halides is 3. The number of sulfonamides is 1. The molecule has 1 heterocycles. The van der Waals surface area contributed by atoms with Crippen molar-refractivity contribution in [2.75, 3.05) is 11.4 Å². The van der Waals surface area contributed by atoms with E-state index in [1.807, 2.05) is 0 Å². The minimum atomic E-state index is -4.70. The Bertz CT molecular complexity index is 1190. The van der Waals surface area contributed by atoms with Gasteiger partial charge in [-0.05, 0) is 42.5 Å². The zero-order valence-electron chi connectivity index (χ0n) is 15.2. The van der Waals surface area contributed by atoms with Crippen LogP contribution >= 0.6 is 0 Å². The molecule has 8 nitrogen and oxygen atoms in total. The normalized spacial score (nSPS) is 13.3. The second-order valence-corrected chi connectivity index (χ2v) is 8.71. The van der Waals surface area contributed by atoms with E-state index in [9.17, 15) is 25.8 Å². The minimum Gasteiger partial charge on any atom is -0.289 e. The largest absolute Gasteiger partial charge is 0.435 e. The molecule has 1 atom stereocenters. The van der Waals surface area contributed by atoms with Gasteiger partial charge in [-0.15, -0.1) is 0 Å². The van der Waals surface area contributed by atoms with E-state index in [0.29, 0.717) is 11.3 Å². The summed E-state index contributed by atoms with van der Waals surface area (Å²) >= 11 is -2.26. The average molecular weight is 460 g/mol. The van der Waals surface area contributed by atoms with E-state index in [1.54, 1.807) is 0 Å². The molecule has 13 heteroatoms. The van der Waals surface area contributed by atoms with Crippen molar-refractivity contribution >= 4 is 27.0 Å². The standard InChI is InChI=1S/C17H15F3N4O4S2/c1-23(29(25)26)12-4-2-11(3-5-12)15-10-16(17(18,19)20)22-24(15)13-6-8-14(9-7-13)30(21,27)28/h2-10H,1H3,(H,25,26)(H2,21,27,28). The molecular formula is C17H15F3N4O4S2. The molecule has 0 aliphatic heterocycles. The topological polar surface area (TPSA) is 119 Å². The Kier molecular flexibility index (Phi) is 5.73. The number of nitrogens with zero attached hydrogens (tertiary/aromatic N) is 3. The van der Waals surface area contributed by atoms with Crippen molar-refractivity contribution < 1.29 is 30.4 Å². The SMILES string of the molecule is CN(c1ccc(-c2cc(C(F)(F)F)nn2-c2ccc(S(N)(=O)=O)cc2)cc1)S(=O)O. The van der Waals surface area contributed by atoms with E-state index in [-0.39, 0.29) is 16.3 Å². The van der Waals surface area contributed by atoms with Gasteiger partial charge >= 0.3 is 6.18 Å². The van der Waals surface area contributed by atoms with Crippen molar-refractivity contribution in [3.05, 3.63) is 60.3 Å². The zero-order chi connectivity index (χ0) is 22.3. The second kappa shape index (κ2) is 7.83. The summed E-state index contributed by atoms with van der Waals surface area (Å²) in [6.07, 6.45) is -4.70. The highest BCUT2D eigenvalue weighted by atomic mass is 32.2. The molecule has 3 rings (SSSR count). The molecule has 1 unspecified atom stereocenters. The number of hydrogen-bond acceptors (Lipinski definition) is 4. The van der Waals surface area contributed by atoms with Gasteiger partial charge in [0.25, 0.3) is 11.3 Å². The van der Waals surface area contributed by atoms with E-state index < -0.39 is 33.2 Å². The third-order valence-corrected chi connectivity index (χ3v) is 5.78. The molecule has 160 valence electrons. The van der Waals surface area contributed by atoms with Crippen molar-refractivity contribution in [3.63, 3.8) is 0 Å². The highest BCUT2D eigenvalue weighted by molar-refractivity contribution is 7.89. The lowest BCUT2D eigenvalue weighted by molar-refractivity contribution is -0.141. The highest BCUT2D eigenvalue weighted by Gasteiger charge is 2.35. The van der Waals surface area contributed by atoms with Gasteiger partial charge in [-0.1, -0.05) is 12.1 Å². The molecule has 0 radical (unpaired) electrons. The van der Waals surface area contributed by atoms with Gasteiger partial charge in [-0.25, -0.2) is 22.4 Å². The fourth-order valence-corrected chi connectivity index (χ4v) is 3.45. The van der Waals surface area contributed by atoms with Gasteiger partial charge in [0.1, 0.15) is 0 Å². The average Bonchev–Trinajstić information content (AvgIpc) is 3.13. The van der Waals surface area contributed by atoms with Crippen molar-refractivity contribution in [1.29, 1.82) is 0 Å². The van der Waals surface area contributed by atoms with Crippen LogP contribution in [-0.2, 0) is 27.5 Å². The number of primary sulfonamides is 1. The first-order chi connectivity index (χ1) is 13.9. The molecule has 2 aromatic carbocycles. The van der Waals surface area contributed by atoms with E-state index in [4.69, 9.17) is 9.69 Å². The zero-order valence-corrected chi connectivity index (χ0v) is 16.9.